The van der Waals surface area contributed by atoms with E-state index in [9.17, 15) is 0 Å². The molecule has 0 amide bonds. The lowest BCUT2D eigenvalue weighted by Gasteiger charge is -2.26. The van der Waals surface area contributed by atoms with Crippen LogP contribution in [0.3, 0.4) is 0 Å². The molecule has 0 aromatic heterocycles. The van der Waals surface area contributed by atoms with Crippen LogP contribution in [0.5, 0.6) is 0 Å². The van der Waals surface area contributed by atoms with E-state index in [2.05, 4.69) is 39.8 Å². The molecule has 0 radical (unpaired) electrons. The maximum atomic E-state index is 6.10. The Morgan fingerprint density at radius 2 is 1.92 bits per heavy atom. The van der Waals surface area contributed by atoms with E-state index in [1.165, 1.54) is 0 Å². The second-order valence-electron chi connectivity index (χ2n) is 4.93. The topological polar surface area (TPSA) is 26.0 Å². The van der Waals surface area contributed by atoms with Crippen LogP contribution in [-0.4, -0.2) is 6.04 Å². The first kappa shape index (κ1) is 9.79. The van der Waals surface area contributed by atoms with Gasteiger partial charge >= 0.3 is 0 Å². The van der Waals surface area contributed by atoms with E-state index in [-0.39, 0.29) is 0 Å². The summed E-state index contributed by atoms with van der Waals surface area (Å²) in [5.74, 6) is 1.24. The number of hydrogen-bond acceptors (Lipinski definition) is 1. The minimum Gasteiger partial charge on any atom is -0.327 e. The van der Waals surface area contributed by atoms with E-state index in [0.29, 0.717) is 23.3 Å². The van der Waals surface area contributed by atoms with Crippen LogP contribution in [0.15, 0.2) is 12.2 Å². The maximum Gasteiger partial charge on any atom is 0.00781 e. The molecule has 0 heterocycles. The first-order chi connectivity index (χ1) is 5.42. The molecule has 2 N–H and O–H groups in total. The Labute approximate surface area is 76.0 Å². The molecule has 0 aliphatic heterocycles. The number of hydrogen-bond donors (Lipinski definition) is 1. The minimum atomic E-state index is 0.290. The molecule has 0 spiro atoms. The Balaban J connectivity index is 2.79. The highest BCUT2D eigenvalue weighted by atomic mass is 14.7. The molecule has 1 aliphatic rings. The quantitative estimate of drug-likeness (QED) is 0.551. The predicted octanol–water partition coefficient (Wildman–Crippen LogP) is 2.57. The van der Waals surface area contributed by atoms with Gasteiger partial charge in [-0.3, -0.25) is 0 Å². The Hall–Kier alpha value is -0.300. The molecule has 1 heteroatoms. The summed E-state index contributed by atoms with van der Waals surface area (Å²) in [5.41, 5.74) is 6.39. The molecule has 0 saturated carbocycles. The highest BCUT2D eigenvalue weighted by molar-refractivity contribution is 5.04. The van der Waals surface area contributed by atoms with Gasteiger partial charge in [-0.2, -0.15) is 0 Å². The molecule has 1 nitrogen and oxygen atoms in total. The van der Waals surface area contributed by atoms with Crippen LogP contribution in [-0.2, 0) is 0 Å². The zero-order valence-corrected chi connectivity index (χ0v) is 8.67. The average Bonchev–Trinajstić information content (AvgIpc) is 2.03. The molecule has 70 valence electrons. The summed E-state index contributed by atoms with van der Waals surface area (Å²) in [7, 11) is 0. The third kappa shape index (κ3) is 2.10. The first-order valence-corrected chi connectivity index (χ1v) is 4.87. The standard InChI is InChI=1S/C11H21N/c1-8-5-6-11(3,4)7-10(12)9(8)2/h5-6,8-10H,7,12H2,1-4H3/t8-,9+,10?/m1/s1. The fourth-order valence-corrected chi connectivity index (χ4v) is 1.84. The van der Waals surface area contributed by atoms with Crippen molar-refractivity contribution in [2.75, 3.05) is 0 Å². The van der Waals surface area contributed by atoms with Gasteiger partial charge in [-0.15, -0.1) is 0 Å². The predicted molar refractivity (Wildman–Crippen MR) is 53.8 cm³/mol. The van der Waals surface area contributed by atoms with Crippen molar-refractivity contribution in [3.63, 3.8) is 0 Å². The lowest BCUT2D eigenvalue weighted by atomic mass is 9.83. The lowest BCUT2D eigenvalue weighted by molar-refractivity contribution is 0.309. The summed E-state index contributed by atoms with van der Waals surface area (Å²) >= 11 is 0. The van der Waals surface area contributed by atoms with E-state index in [1.54, 1.807) is 0 Å². The number of allylic oxidation sites excluding steroid dienone is 2. The van der Waals surface area contributed by atoms with Crippen LogP contribution in [0.1, 0.15) is 34.1 Å². The van der Waals surface area contributed by atoms with Gasteiger partial charge in [0, 0.05) is 6.04 Å². The summed E-state index contributed by atoms with van der Waals surface area (Å²) in [4.78, 5) is 0. The summed E-state index contributed by atoms with van der Waals surface area (Å²) in [6.07, 6.45) is 5.74. The zero-order chi connectivity index (χ0) is 9.35. The monoisotopic (exact) mass is 167 g/mol. The number of nitrogens with two attached hydrogens (primary N) is 1. The van der Waals surface area contributed by atoms with Crippen molar-refractivity contribution in [1.82, 2.24) is 0 Å². The van der Waals surface area contributed by atoms with Crippen LogP contribution >= 0.6 is 0 Å². The van der Waals surface area contributed by atoms with E-state index in [1.807, 2.05) is 0 Å². The van der Waals surface area contributed by atoms with Crippen molar-refractivity contribution in [2.24, 2.45) is 23.0 Å². The molecule has 3 atom stereocenters. The lowest BCUT2D eigenvalue weighted by Crippen LogP contribution is -2.33. The van der Waals surface area contributed by atoms with Crippen LogP contribution in [0, 0.1) is 17.3 Å². The molecule has 0 fully saturated rings. The van der Waals surface area contributed by atoms with Crippen LogP contribution in [0.4, 0.5) is 0 Å². The largest absolute Gasteiger partial charge is 0.327 e. The summed E-state index contributed by atoms with van der Waals surface area (Å²) in [6.45, 7) is 9.02. The van der Waals surface area contributed by atoms with Crippen molar-refractivity contribution in [1.29, 1.82) is 0 Å². The highest BCUT2D eigenvalue weighted by Crippen LogP contribution is 2.32. The van der Waals surface area contributed by atoms with E-state index in [0.717, 1.165) is 6.42 Å². The van der Waals surface area contributed by atoms with Crippen LogP contribution in [0.2, 0.25) is 0 Å². The highest BCUT2D eigenvalue weighted by Gasteiger charge is 2.27. The molecule has 0 bridgehead atoms. The van der Waals surface area contributed by atoms with E-state index in [4.69, 9.17) is 5.73 Å². The summed E-state index contributed by atoms with van der Waals surface area (Å²) < 4.78 is 0. The Morgan fingerprint density at radius 1 is 1.33 bits per heavy atom. The first-order valence-electron chi connectivity index (χ1n) is 4.87. The Bertz CT molecular complexity index is 181. The molecule has 1 rings (SSSR count). The third-order valence-electron chi connectivity index (χ3n) is 3.12. The second kappa shape index (κ2) is 3.21. The van der Waals surface area contributed by atoms with E-state index < -0.39 is 0 Å². The molecule has 1 aliphatic carbocycles. The number of rotatable bonds is 0. The van der Waals surface area contributed by atoms with Gasteiger partial charge in [0.2, 0.25) is 0 Å². The zero-order valence-electron chi connectivity index (χ0n) is 8.67. The smallest absolute Gasteiger partial charge is 0.00781 e. The van der Waals surface area contributed by atoms with Gasteiger partial charge in [0.25, 0.3) is 0 Å². The Morgan fingerprint density at radius 3 is 2.50 bits per heavy atom. The molecule has 12 heavy (non-hydrogen) atoms. The molecular weight excluding hydrogens is 146 g/mol. The van der Waals surface area contributed by atoms with Gasteiger partial charge in [-0.25, -0.2) is 0 Å². The summed E-state index contributed by atoms with van der Waals surface area (Å²) in [5, 5.41) is 0. The Kier molecular flexibility index (Phi) is 2.62. The van der Waals surface area contributed by atoms with Crippen LogP contribution in [0.25, 0.3) is 0 Å². The molecule has 0 aromatic carbocycles. The fraction of sp³-hybridized carbons (Fsp3) is 0.818. The van der Waals surface area contributed by atoms with Gasteiger partial charge in [0.1, 0.15) is 0 Å². The molecular formula is C11H21N. The fourth-order valence-electron chi connectivity index (χ4n) is 1.84. The van der Waals surface area contributed by atoms with Crippen molar-refractivity contribution in [3.05, 3.63) is 12.2 Å². The van der Waals surface area contributed by atoms with Gasteiger partial charge in [-0.05, 0) is 23.7 Å². The van der Waals surface area contributed by atoms with Crippen molar-refractivity contribution >= 4 is 0 Å². The minimum absolute atomic E-state index is 0.290. The van der Waals surface area contributed by atoms with Gasteiger partial charge in [0.05, 0.1) is 0 Å². The van der Waals surface area contributed by atoms with E-state index >= 15 is 0 Å². The van der Waals surface area contributed by atoms with Crippen molar-refractivity contribution in [2.45, 2.75) is 40.2 Å². The van der Waals surface area contributed by atoms with Gasteiger partial charge in [0.15, 0.2) is 0 Å². The second-order valence-corrected chi connectivity index (χ2v) is 4.93. The normalized spacial score (nSPS) is 40.9. The molecule has 1 unspecified atom stereocenters. The maximum absolute atomic E-state index is 6.10. The summed E-state index contributed by atoms with van der Waals surface area (Å²) in [6, 6.07) is 0.352. The van der Waals surface area contributed by atoms with Gasteiger partial charge < -0.3 is 5.73 Å². The van der Waals surface area contributed by atoms with Gasteiger partial charge in [-0.1, -0.05) is 39.8 Å². The molecule has 0 aromatic rings. The molecule has 0 saturated heterocycles. The van der Waals surface area contributed by atoms with Crippen LogP contribution < -0.4 is 5.73 Å². The third-order valence-corrected chi connectivity index (χ3v) is 3.12. The average molecular weight is 167 g/mol. The van der Waals surface area contributed by atoms with Crippen molar-refractivity contribution < 1.29 is 0 Å². The SMILES string of the molecule is C[C@@H]1C=CC(C)(C)CC(N)[C@H]1C. The van der Waals surface area contributed by atoms with Crippen molar-refractivity contribution in [3.8, 4) is 0 Å².